The Bertz CT molecular complexity index is 450. The molecule has 1 aromatic carbocycles. The van der Waals surface area contributed by atoms with Crippen molar-refractivity contribution in [1.82, 2.24) is 15.5 Å². The van der Waals surface area contributed by atoms with Gasteiger partial charge in [-0.2, -0.15) is 0 Å². The molecule has 2 saturated heterocycles. The zero-order valence-electron chi connectivity index (χ0n) is 12.0. The third-order valence-electron chi connectivity index (χ3n) is 4.60. The van der Waals surface area contributed by atoms with Gasteiger partial charge in [-0.3, -0.25) is 0 Å². The lowest BCUT2D eigenvalue weighted by atomic mass is 9.99. The van der Waals surface area contributed by atoms with Crippen LogP contribution in [0, 0.1) is 0 Å². The fourth-order valence-corrected chi connectivity index (χ4v) is 3.41. The molecule has 2 fully saturated rings. The zero-order valence-corrected chi connectivity index (χ0v) is 12.0. The summed E-state index contributed by atoms with van der Waals surface area (Å²) in [5, 5.41) is 6.63. The molecule has 0 aromatic heterocycles. The monoisotopic (exact) mass is 273 g/mol. The Morgan fingerprint density at radius 3 is 2.55 bits per heavy atom. The number of nitrogens with zero attached hydrogens (tertiary/aromatic N) is 1. The quantitative estimate of drug-likeness (QED) is 0.886. The van der Waals surface area contributed by atoms with Gasteiger partial charge in [-0.15, -0.1) is 0 Å². The van der Waals surface area contributed by atoms with Crippen molar-refractivity contribution in [2.24, 2.45) is 0 Å². The van der Waals surface area contributed by atoms with Crippen LogP contribution >= 0.6 is 0 Å². The van der Waals surface area contributed by atoms with Crippen LogP contribution in [0.4, 0.5) is 4.79 Å². The summed E-state index contributed by atoms with van der Waals surface area (Å²) in [6.45, 7) is 0.599. The number of hydrogen-bond acceptors (Lipinski definition) is 2. The minimum atomic E-state index is 0.0418. The molecule has 0 saturated carbocycles. The van der Waals surface area contributed by atoms with Crippen molar-refractivity contribution in [3.8, 4) is 0 Å². The van der Waals surface area contributed by atoms with Gasteiger partial charge in [0.25, 0.3) is 0 Å². The van der Waals surface area contributed by atoms with Gasteiger partial charge in [0.15, 0.2) is 0 Å². The molecule has 108 valence electrons. The van der Waals surface area contributed by atoms with Crippen LogP contribution in [0.1, 0.15) is 31.2 Å². The largest absolute Gasteiger partial charge is 0.334 e. The van der Waals surface area contributed by atoms with Gasteiger partial charge in [-0.25, -0.2) is 4.79 Å². The molecule has 2 aliphatic heterocycles. The second-order valence-corrected chi connectivity index (χ2v) is 6.02. The number of benzene rings is 1. The number of carbonyl (C=O) groups is 1. The summed E-state index contributed by atoms with van der Waals surface area (Å²) < 4.78 is 0. The lowest BCUT2D eigenvalue weighted by Crippen LogP contribution is -2.51. The van der Waals surface area contributed by atoms with Gasteiger partial charge in [0.2, 0.25) is 0 Å². The molecule has 2 heterocycles. The van der Waals surface area contributed by atoms with Gasteiger partial charge in [0.1, 0.15) is 0 Å². The predicted molar refractivity (Wildman–Crippen MR) is 79.4 cm³/mol. The Balaban J connectivity index is 1.52. The maximum atomic E-state index is 12.2. The number of nitrogens with one attached hydrogen (secondary N) is 2. The van der Waals surface area contributed by atoms with Crippen LogP contribution in [-0.2, 0) is 6.54 Å². The molecule has 2 aliphatic rings. The van der Waals surface area contributed by atoms with Crippen molar-refractivity contribution in [2.45, 2.75) is 50.4 Å². The molecular weight excluding hydrogens is 250 g/mol. The Labute approximate surface area is 120 Å². The molecule has 2 N–H and O–H groups in total. The van der Waals surface area contributed by atoms with Crippen molar-refractivity contribution >= 4 is 6.03 Å². The lowest BCUT2D eigenvalue weighted by molar-refractivity contribution is 0.164. The van der Waals surface area contributed by atoms with Crippen molar-refractivity contribution in [3.05, 3.63) is 35.9 Å². The van der Waals surface area contributed by atoms with Crippen molar-refractivity contribution in [1.29, 1.82) is 0 Å². The maximum Gasteiger partial charge on any atom is 0.317 e. The molecule has 2 amide bonds. The van der Waals surface area contributed by atoms with Crippen LogP contribution in [-0.4, -0.2) is 36.1 Å². The summed E-state index contributed by atoms with van der Waals surface area (Å²) in [7, 11) is 1.93. The highest BCUT2D eigenvalue weighted by Crippen LogP contribution is 2.29. The second kappa shape index (κ2) is 5.83. The van der Waals surface area contributed by atoms with E-state index in [0.29, 0.717) is 24.7 Å². The number of urea groups is 1. The van der Waals surface area contributed by atoms with E-state index in [1.54, 1.807) is 0 Å². The lowest BCUT2D eigenvalue weighted by Gasteiger charge is -2.35. The molecule has 0 aliphatic carbocycles. The van der Waals surface area contributed by atoms with E-state index in [1.807, 2.05) is 42.3 Å². The van der Waals surface area contributed by atoms with Crippen molar-refractivity contribution in [2.75, 3.05) is 7.05 Å². The minimum absolute atomic E-state index is 0.0418. The standard InChI is InChI=1S/C16H23N3O/c1-19(15-9-13-7-8-14(10-15)18-13)16(20)17-11-12-5-3-2-4-6-12/h2-6,13-15,18H,7-11H2,1H3,(H,17,20). The molecule has 4 heteroatoms. The Morgan fingerprint density at radius 1 is 1.25 bits per heavy atom. The average Bonchev–Trinajstić information content (AvgIpc) is 2.83. The highest BCUT2D eigenvalue weighted by Gasteiger charge is 2.36. The summed E-state index contributed by atoms with van der Waals surface area (Å²) in [6.07, 6.45) is 4.71. The van der Waals surface area contributed by atoms with E-state index >= 15 is 0 Å². The first-order valence-electron chi connectivity index (χ1n) is 7.53. The number of fused-ring (bicyclic) bond motifs is 2. The molecule has 0 spiro atoms. The van der Waals surface area contributed by atoms with E-state index in [2.05, 4.69) is 10.6 Å². The molecular formula is C16H23N3O. The van der Waals surface area contributed by atoms with Gasteiger partial charge < -0.3 is 15.5 Å². The smallest absolute Gasteiger partial charge is 0.317 e. The van der Waals surface area contributed by atoms with E-state index in [4.69, 9.17) is 0 Å². The van der Waals surface area contributed by atoms with Crippen LogP contribution < -0.4 is 10.6 Å². The average molecular weight is 273 g/mol. The third-order valence-corrected chi connectivity index (χ3v) is 4.60. The maximum absolute atomic E-state index is 12.2. The molecule has 3 rings (SSSR count). The highest BCUT2D eigenvalue weighted by atomic mass is 16.2. The topological polar surface area (TPSA) is 44.4 Å². The molecule has 20 heavy (non-hydrogen) atoms. The second-order valence-electron chi connectivity index (χ2n) is 6.02. The molecule has 1 aromatic rings. The summed E-state index contributed by atoms with van der Waals surface area (Å²) in [6, 6.07) is 11.7. The first kappa shape index (κ1) is 13.4. The van der Waals surface area contributed by atoms with Gasteiger partial charge in [-0.05, 0) is 31.2 Å². The van der Waals surface area contributed by atoms with E-state index in [1.165, 1.54) is 12.8 Å². The van der Waals surface area contributed by atoms with Crippen LogP contribution in [0.25, 0.3) is 0 Å². The highest BCUT2D eigenvalue weighted by molar-refractivity contribution is 5.74. The van der Waals surface area contributed by atoms with Gasteiger partial charge in [0, 0.05) is 31.7 Å². The van der Waals surface area contributed by atoms with E-state index in [0.717, 1.165) is 18.4 Å². The van der Waals surface area contributed by atoms with Crippen molar-refractivity contribution < 1.29 is 4.79 Å². The molecule has 2 atom stereocenters. The van der Waals surface area contributed by atoms with E-state index < -0.39 is 0 Å². The minimum Gasteiger partial charge on any atom is -0.334 e. The fraction of sp³-hybridized carbons (Fsp3) is 0.562. The third kappa shape index (κ3) is 2.96. The summed E-state index contributed by atoms with van der Waals surface area (Å²) in [5.41, 5.74) is 1.14. The van der Waals surface area contributed by atoms with Crippen LogP contribution in [0.5, 0.6) is 0 Å². The van der Waals surface area contributed by atoms with Crippen LogP contribution in [0.15, 0.2) is 30.3 Å². The first-order valence-corrected chi connectivity index (χ1v) is 7.53. The molecule has 0 radical (unpaired) electrons. The number of piperidine rings is 1. The van der Waals surface area contributed by atoms with Crippen LogP contribution in [0.3, 0.4) is 0 Å². The molecule has 2 unspecified atom stereocenters. The normalized spacial score (nSPS) is 28.1. The van der Waals surface area contributed by atoms with E-state index in [9.17, 15) is 4.79 Å². The van der Waals surface area contributed by atoms with Crippen LogP contribution in [0.2, 0.25) is 0 Å². The molecule has 2 bridgehead atoms. The summed E-state index contributed by atoms with van der Waals surface area (Å²) in [4.78, 5) is 14.1. The summed E-state index contributed by atoms with van der Waals surface area (Å²) >= 11 is 0. The number of rotatable bonds is 3. The Hall–Kier alpha value is -1.55. The first-order chi connectivity index (χ1) is 9.72. The Morgan fingerprint density at radius 2 is 1.90 bits per heavy atom. The molecule has 4 nitrogen and oxygen atoms in total. The fourth-order valence-electron chi connectivity index (χ4n) is 3.41. The van der Waals surface area contributed by atoms with Gasteiger partial charge >= 0.3 is 6.03 Å². The Kier molecular flexibility index (Phi) is 3.92. The van der Waals surface area contributed by atoms with Gasteiger partial charge in [0.05, 0.1) is 0 Å². The number of amides is 2. The number of hydrogen-bond donors (Lipinski definition) is 2. The van der Waals surface area contributed by atoms with Gasteiger partial charge in [-0.1, -0.05) is 30.3 Å². The summed E-state index contributed by atoms with van der Waals surface area (Å²) in [5.74, 6) is 0. The SMILES string of the molecule is CN(C(=O)NCc1ccccc1)C1CC2CCC(C1)N2. The predicted octanol–water partition coefficient (Wildman–Crippen LogP) is 2.11. The van der Waals surface area contributed by atoms with Crippen molar-refractivity contribution in [3.63, 3.8) is 0 Å². The number of carbonyl (C=O) groups excluding carboxylic acids is 1. The van der Waals surface area contributed by atoms with E-state index in [-0.39, 0.29) is 6.03 Å². The zero-order chi connectivity index (χ0) is 13.9.